The number of hydrogen-bond donors (Lipinski definition) is 2. The molecule has 1 saturated carbocycles. The molecule has 1 saturated heterocycles. The molecule has 0 amide bonds. The van der Waals surface area contributed by atoms with E-state index in [4.69, 9.17) is 0 Å². The minimum atomic E-state index is 0.237. The van der Waals surface area contributed by atoms with Crippen LogP contribution in [0, 0.1) is 0 Å². The van der Waals surface area contributed by atoms with Crippen molar-refractivity contribution in [3.63, 3.8) is 0 Å². The zero-order chi connectivity index (χ0) is 14.8. The van der Waals surface area contributed by atoms with Crippen molar-refractivity contribution < 1.29 is 0 Å². The number of guanidine groups is 1. The van der Waals surface area contributed by atoms with E-state index < -0.39 is 0 Å². The molecule has 0 aromatic rings. The third-order valence-corrected chi connectivity index (χ3v) is 5.69. The Morgan fingerprint density at radius 3 is 2.65 bits per heavy atom. The van der Waals surface area contributed by atoms with E-state index in [1.807, 2.05) is 18.8 Å². The number of thioether (sulfide) groups is 1. The molecular weight excluding hydrogens is 268 g/mol. The standard InChI is InChI=1S/C15H30N4S/c1-11-8-12(9-19(11)13-6-7-13)18-14(16-4)17-10-15(2,3)20-5/h11-13H,6-10H2,1-5H3,(H2,16,17,18). The van der Waals surface area contributed by atoms with Gasteiger partial charge in [0.05, 0.1) is 0 Å². The number of nitrogens with one attached hydrogen (secondary N) is 2. The third-order valence-electron chi connectivity index (χ3n) is 4.44. The van der Waals surface area contributed by atoms with Gasteiger partial charge in [-0.25, -0.2) is 0 Å². The molecule has 2 aliphatic rings. The van der Waals surface area contributed by atoms with Crippen LogP contribution in [0.2, 0.25) is 0 Å². The number of likely N-dealkylation sites (tertiary alicyclic amines) is 1. The monoisotopic (exact) mass is 298 g/mol. The van der Waals surface area contributed by atoms with Crippen LogP contribution in [0.25, 0.3) is 0 Å². The average Bonchev–Trinajstić information content (AvgIpc) is 3.19. The van der Waals surface area contributed by atoms with Gasteiger partial charge >= 0.3 is 0 Å². The van der Waals surface area contributed by atoms with E-state index in [-0.39, 0.29) is 4.75 Å². The Morgan fingerprint density at radius 2 is 2.10 bits per heavy atom. The molecule has 0 aromatic heterocycles. The summed E-state index contributed by atoms with van der Waals surface area (Å²) in [6.07, 6.45) is 6.17. The van der Waals surface area contributed by atoms with Gasteiger partial charge in [0.1, 0.15) is 0 Å². The van der Waals surface area contributed by atoms with Gasteiger partial charge in [0.2, 0.25) is 0 Å². The van der Waals surface area contributed by atoms with E-state index in [0.29, 0.717) is 12.1 Å². The summed E-state index contributed by atoms with van der Waals surface area (Å²) < 4.78 is 0.237. The van der Waals surface area contributed by atoms with Gasteiger partial charge < -0.3 is 10.6 Å². The van der Waals surface area contributed by atoms with Gasteiger partial charge in [-0.15, -0.1) is 0 Å². The summed E-state index contributed by atoms with van der Waals surface area (Å²) in [6, 6.07) is 2.11. The second-order valence-electron chi connectivity index (χ2n) is 6.74. The normalized spacial score (nSPS) is 28.8. The van der Waals surface area contributed by atoms with Gasteiger partial charge in [0.15, 0.2) is 5.96 Å². The van der Waals surface area contributed by atoms with Crippen LogP contribution in [0.3, 0.4) is 0 Å². The highest BCUT2D eigenvalue weighted by molar-refractivity contribution is 7.99. The Morgan fingerprint density at radius 1 is 1.40 bits per heavy atom. The molecule has 5 heteroatoms. The predicted molar refractivity (Wildman–Crippen MR) is 89.7 cm³/mol. The first-order valence-corrected chi connectivity index (χ1v) is 8.95. The van der Waals surface area contributed by atoms with E-state index in [2.05, 4.69) is 47.6 Å². The first-order chi connectivity index (χ1) is 9.45. The zero-order valence-corrected chi connectivity index (χ0v) is 14.4. The van der Waals surface area contributed by atoms with Gasteiger partial charge in [0.25, 0.3) is 0 Å². The van der Waals surface area contributed by atoms with Gasteiger partial charge in [-0.1, -0.05) is 0 Å². The summed E-state index contributed by atoms with van der Waals surface area (Å²) in [6.45, 7) is 8.96. The SMILES string of the molecule is CN=C(NCC(C)(C)SC)NC1CC(C)N(C2CC2)C1. The highest BCUT2D eigenvalue weighted by atomic mass is 32.2. The van der Waals surface area contributed by atoms with Gasteiger partial charge in [0, 0.05) is 43.0 Å². The second kappa shape index (κ2) is 6.56. The Balaban J connectivity index is 1.79. The molecule has 2 fully saturated rings. The average molecular weight is 299 g/mol. The summed E-state index contributed by atoms with van der Waals surface area (Å²) in [5.74, 6) is 0.946. The Kier molecular flexibility index (Phi) is 5.24. The molecule has 0 aromatic carbocycles. The molecule has 2 atom stereocenters. The van der Waals surface area contributed by atoms with Crippen molar-refractivity contribution in [2.24, 2.45) is 4.99 Å². The highest BCUT2D eigenvalue weighted by Crippen LogP contribution is 2.33. The maximum atomic E-state index is 4.37. The molecule has 2 N–H and O–H groups in total. The summed E-state index contributed by atoms with van der Waals surface area (Å²) in [4.78, 5) is 7.03. The fourth-order valence-corrected chi connectivity index (χ4v) is 3.05. The molecule has 2 rings (SSSR count). The van der Waals surface area contributed by atoms with Crippen molar-refractivity contribution in [3.05, 3.63) is 0 Å². The van der Waals surface area contributed by atoms with Crippen LogP contribution in [-0.4, -0.2) is 60.1 Å². The molecule has 1 aliphatic carbocycles. The van der Waals surface area contributed by atoms with E-state index >= 15 is 0 Å². The molecule has 4 nitrogen and oxygen atoms in total. The Bertz CT molecular complexity index is 352. The fraction of sp³-hybridized carbons (Fsp3) is 0.933. The molecule has 116 valence electrons. The molecular formula is C15H30N4S. The summed E-state index contributed by atoms with van der Waals surface area (Å²) in [5, 5.41) is 7.05. The molecule has 1 heterocycles. The van der Waals surface area contributed by atoms with Crippen molar-refractivity contribution in [1.82, 2.24) is 15.5 Å². The Hall–Kier alpha value is -0.420. The summed E-state index contributed by atoms with van der Waals surface area (Å²) >= 11 is 1.88. The Labute approximate surface area is 128 Å². The lowest BCUT2D eigenvalue weighted by Gasteiger charge is -2.25. The third kappa shape index (κ3) is 4.29. The molecule has 0 bridgehead atoms. The zero-order valence-electron chi connectivity index (χ0n) is 13.6. The quantitative estimate of drug-likeness (QED) is 0.601. The molecule has 0 spiro atoms. The van der Waals surface area contributed by atoms with Crippen LogP contribution in [0.4, 0.5) is 0 Å². The predicted octanol–water partition coefficient (Wildman–Crippen LogP) is 1.92. The van der Waals surface area contributed by atoms with Crippen LogP contribution in [0.15, 0.2) is 4.99 Å². The number of hydrogen-bond acceptors (Lipinski definition) is 3. The topological polar surface area (TPSA) is 39.7 Å². The summed E-state index contributed by atoms with van der Waals surface area (Å²) in [7, 11) is 1.86. The van der Waals surface area contributed by atoms with Gasteiger partial charge in [-0.3, -0.25) is 9.89 Å². The van der Waals surface area contributed by atoms with Crippen LogP contribution in [0.1, 0.15) is 40.0 Å². The second-order valence-corrected chi connectivity index (χ2v) is 8.26. The van der Waals surface area contributed by atoms with Gasteiger partial charge in [-0.05, 0) is 46.3 Å². The lowest BCUT2D eigenvalue weighted by molar-refractivity contribution is 0.256. The number of aliphatic imine (C=N–C) groups is 1. The van der Waals surface area contributed by atoms with Crippen molar-refractivity contribution in [1.29, 1.82) is 0 Å². The largest absolute Gasteiger partial charge is 0.355 e. The fourth-order valence-electron chi connectivity index (χ4n) is 2.83. The van der Waals surface area contributed by atoms with Crippen LogP contribution in [-0.2, 0) is 0 Å². The maximum absolute atomic E-state index is 4.37. The molecule has 1 aliphatic heterocycles. The van der Waals surface area contributed by atoms with E-state index in [1.165, 1.54) is 25.8 Å². The molecule has 2 unspecified atom stereocenters. The van der Waals surface area contributed by atoms with Crippen molar-refractivity contribution in [2.45, 2.75) is 62.9 Å². The van der Waals surface area contributed by atoms with Crippen molar-refractivity contribution >= 4 is 17.7 Å². The van der Waals surface area contributed by atoms with E-state index in [0.717, 1.165) is 18.5 Å². The van der Waals surface area contributed by atoms with Crippen LogP contribution >= 0.6 is 11.8 Å². The van der Waals surface area contributed by atoms with Crippen LogP contribution in [0.5, 0.6) is 0 Å². The van der Waals surface area contributed by atoms with Crippen LogP contribution < -0.4 is 10.6 Å². The van der Waals surface area contributed by atoms with Crippen molar-refractivity contribution in [3.8, 4) is 0 Å². The number of rotatable bonds is 5. The highest BCUT2D eigenvalue weighted by Gasteiger charge is 2.38. The first kappa shape index (κ1) is 16.0. The van der Waals surface area contributed by atoms with Crippen molar-refractivity contribution in [2.75, 3.05) is 26.4 Å². The minimum Gasteiger partial charge on any atom is -0.355 e. The summed E-state index contributed by atoms with van der Waals surface area (Å²) in [5.41, 5.74) is 0. The van der Waals surface area contributed by atoms with E-state index in [1.54, 1.807) is 0 Å². The lowest BCUT2D eigenvalue weighted by atomic mass is 10.2. The van der Waals surface area contributed by atoms with E-state index in [9.17, 15) is 0 Å². The number of nitrogens with zero attached hydrogens (tertiary/aromatic N) is 2. The van der Waals surface area contributed by atoms with Gasteiger partial charge in [-0.2, -0.15) is 11.8 Å². The lowest BCUT2D eigenvalue weighted by Crippen LogP contribution is -2.47. The molecule has 20 heavy (non-hydrogen) atoms. The smallest absolute Gasteiger partial charge is 0.191 e. The first-order valence-electron chi connectivity index (χ1n) is 7.73. The minimum absolute atomic E-state index is 0.237. The molecule has 0 radical (unpaired) electrons. The maximum Gasteiger partial charge on any atom is 0.191 e.